The van der Waals surface area contributed by atoms with Gasteiger partial charge in [-0.1, -0.05) is 0 Å². The summed E-state index contributed by atoms with van der Waals surface area (Å²) in [5.41, 5.74) is 0. The van der Waals surface area contributed by atoms with Gasteiger partial charge in [0.25, 0.3) is 0 Å². The van der Waals surface area contributed by atoms with E-state index >= 15 is 0 Å². The fourth-order valence-electron chi connectivity index (χ4n) is 0.408. The Balaban J connectivity index is 3.51. The summed E-state index contributed by atoms with van der Waals surface area (Å²) in [6, 6.07) is 0. The first-order chi connectivity index (χ1) is 3.66. The van der Waals surface area contributed by atoms with Crippen LogP contribution in [-0.4, -0.2) is 18.3 Å². The topological polar surface area (TPSA) is 29.5 Å². The van der Waals surface area contributed by atoms with E-state index in [1.165, 1.54) is 0 Å². The monoisotopic (exact) mass is 116 g/mol. The van der Waals surface area contributed by atoms with Crippen molar-refractivity contribution in [3.63, 3.8) is 0 Å². The third-order valence-electron chi connectivity index (χ3n) is 0.848. The minimum absolute atomic E-state index is 0.0139. The molecule has 48 valence electrons. The van der Waals surface area contributed by atoms with Crippen molar-refractivity contribution in [3.8, 4) is 0 Å². The van der Waals surface area contributed by atoms with Gasteiger partial charge in [0.15, 0.2) is 0 Å². The third-order valence-corrected chi connectivity index (χ3v) is 0.848. The molecule has 0 amide bonds. The first-order valence-corrected chi connectivity index (χ1v) is 2.57. The summed E-state index contributed by atoms with van der Waals surface area (Å²) in [4.78, 5) is 0. The molecule has 0 spiro atoms. The summed E-state index contributed by atoms with van der Waals surface area (Å²) >= 11 is 0. The second-order valence-corrected chi connectivity index (χ2v) is 1.75. The zero-order chi connectivity index (χ0) is 6.57. The molecule has 1 N–H and O–H groups in total. The molecule has 1 unspecified atom stereocenters. The Morgan fingerprint density at radius 3 is 2.38 bits per heavy atom. The highest BCUT2D eigenvalue weighted by Crippen LogP contribution is 1.93. The summed E-state index contributed by atoms with van der Waals surface area (Å²) in [7, 11) is 1.60. The number of aliphatic hydroxyl groups excluding tert-OH is 1. The second kappa shape index (κ2) is 3.50. The average molecular weight is 116 g/mol. The molecule has 1 atom stereocenters. The molecule has 0 aromatic carbocycles. The smallest absolute Gasteiger partial charge is 0.0877 e. The number of aliphatic hydroxyl groups is 1. The Kier molecular flexibility index (Phi) is 3.28. The summed E-state index contributed by atoms with van der Waals surface area (Å²) in [6.45, 7) is 3.48. The van der Waals surface area contributed by atoms with Crippen molar-refractivity contribution < 1.29 is 9.84 Å². The van der Waals surface area contributed by atoms with E-state index in [1.54, 1.807) is 20.1 Å². The highest BCUT2D eigenvalue weighted by atomic mass is 16.5. The van der Waals surface area contributed by atoms with Crippen LogP contribution in [0.25, 0.3) is 0 Å². The molecule has 0 saturated carbocycles. The van der Waals surface area contributed by atoms with E-state index in [0.29, 0.717) is 5.76 Å². The van der Waals surface area contributed by atoms with Crippen LogP contribution in [0.15, 0.2) is 11.8 Å². The molecule has 0 fully saturated rings. The maximum absolute atomic E-state index is 8.64. The quantitative estimate of drug-likeness (QED) is 0.554. The molecule has 2 heteroatoms. The van der Waals surface area contributed by atoms with Gasteiger partial charge >= 0.3 is 0 Å². The largest absolute Gasteiger partial charge is 0.513 e. The van der Waals surface area contributed by atoms with Gasteiger partial charge in [0.05, 0.1) is 11.9 Å². The normalized spacial score (nSPS) is 16.1. The predicted octanol–water partition coefficient (Wildman–Crippen LogP) is 1.48. The number of allylic oxidation sites excluding steroid dienone is 1. The van der Waals surface area contributed by atoms with Gasteiger partial charge in [-0.05, 0) is 19.9 Å². The van der Waals surface area contributed by atoms with Crippen LogP contribution in [0.4, 0.5) is 0 Å². The van der Waals surface area contributed by atoms with Crippen LogP contribution in [0, 0.1) is 0 Å². The van der Waals surface area contributed by atoms with E-state index in [9.17, 15) is 0 Å². The molecule has 0 aliphatic heterocycles. The molecular weight excluding hydrogens is 104 g/mol. The standard InChI is InChI=1S/C6H12O2/c1-5(7)4-6(2)8-3/h4,6-7H,1-3H3/b5-4+. The minimum Gasteiger partial charge on any atom is -0.513 e. The van der Waals surface area contributed by atoms with Crippen molar-refractivity contribution in [1.82, 2.24) is 0 Å². The van der Waals surface area contributed by atoms with Crippen LogP contribution in [0.3, 0.4) is 0 Å². The van der Waals surface area contributed by atoms with Gasteiger partial charge in [-0.25, -0.2) is 0 Å². The van der Waals surface area contributed by atoms with Crippen LogP contribution >= 0.6 is 0 Å². The zero-order valence-electron chi connectivity index (χ0n) is 5.51. The Morgan fingerprint density at radius 2 is 2.25 bits per heavy atom. The van der Waals surface area contributed by atoms with E-state index in [4.69, 9.17) is 9.84 Å². The first-order valence-electron chi connectivity index (χ1n) is 2.57. The van der Waals surface area contributed by atoms with Gasteiger partial charge in [0.2, 0.25) is 0 Å². The van der Waals surface area contributed by atoms with Crippen LogP contribution in [0.2, 0.25) is 0 Å². The number of hydrogen-bond acceptors (Lipinski definition) is 2. The maximum atomic E-state index is 8.64. The zero-order valence-corrected chi connectivity index (χ0v) is 5.51. The second-order valence-electron chi connectivity index (χ2n) is 1.75. The van der Waals surface area contributed by atoms with Gasteiger partial charge in [-0.2, -0.15) is 0 Å². The molecule has 0 radical (unpaired) electrons. The Bertz CT molecular complexity index is 82.5. The summed E-state index contributed by atoms with van der Waals surface area (Å²) in [5, 5.41) is 8.64. The van der Waals surface area contributed by atoms with Crippen molar-refractivity contribution in [2.75, 3.05) is 7.11 Å². The van der Waals surface area contributed by atoms with Crippen LogP contribution in [0.1, 0.15) is 13.8 Å². The highest BCUT2D eigenvalue weighted by molar-refractivity contribution is 4.90. The SMILES string of the molecule is COC(C)/C=C(\C)O. The van der Waals surface area contributed by atoms with Crippen LogP contribution in [-0.2, 0) is 4.74 Å². The maximum Gasteiger partial charge on any atom is 0.0877 e. The van der Waals surface area contributed by atoms with Gasteiger partial charge in [0.1, 0.15) is 0 Å². The van der Waals surface area contributed by atoms with Crippen molar-refractivity contribution in [2.45, 2.75) is 20.0 Å². The Labute approximate surface area is 49.8 Å². The fourth-order valence-corrected chi connectivity index (χ4v) is 0.408. The highest BCUT2D eigenvalue weighted by Gasteiger charge is 1.91. The predicted molar refractivity (Wildman–Crippen MR) is 32.9 cm³/mol. The lowest BCUT2D eigenvalue weighted by Crippen LogP contribution is -1.99. The minimum atomic E-state index is 0.0139. The van der Waals surface area contributed by atoms with Crippen molar-refractivity contribution in [3.05, 3.63) is 11.8 Å². The lowest BCUT2D eigenvalue weighted by Gasteiger charge is -2.00. The lowest BCUT2D eigenvalue weighted by molar-refractivity contribution is 0.153. The Hall–Kier alpha value is -0.500. The van der Waals surface area contributed by atoms with Crippen molar-refractivity contribution in [2.24, 2.45) is 0 Å². The average Bonchev–Trinajstić information content (AvgIpc) is 1.65. The molecule has 0 aliphatic carbocycles. The first kappa shape index (κ1) is 7.50. The van der Waals surface area contributed by atoms with E-state index < -0.39 is 0 Å². The van der Waals surface area contributed by atoms with Crippen molar-refractivity contribution in [1.29, 1.82) is 0 Å². The van der Waals surface area contributed by atoms with Crippen LogP contribution < -0.4 is 0 Å². The lowest BCUT2D eigenvalue weighted by atomic mass is 10.3. The van der Waals surface area contributed by atoms with E-state index in [2.05, 4.69) is 0 Å². The molecule has 0 aliphatic rings. The molecule has 0 aromatic heterocycles. The van der Waals surface area contributed by atoms with E-state index in [1.807, 2.05) is 6.92 Å². The molecule has 2 nitrogen and oxygen atoms in total. The fraction of sp³-hybridized carbons (Fsp3) is 0.667. The van der Waals surface area contributed by atoms with Gasteiger partial charge in [-0.3, -0.25) is 0 Å². The number of rotatable bonds is 2. The summed E-state index contributed by atoms with van der Waals surface area (Å²) < 4.78 is 4.82. The van der Waals surface area contributed by atoms with Gasteiger partial charge in [0, 0.05) is 7.11 Å². The molecule has 0 heterocycles. The molecule has 0 rings (SSSR count). The van der Waals surface area contributed by atoms with Crippen LogP contribution in [0.5, 0.6) is 0 Å². The molecular formula is C6H12O2. The molecule has 8 heavy (non-hydrogen) atoms. The van der Waals surface area contributed by atoms with E-state index in [-0.39, 0.29) is 6.10 Å². The van der Waals surface area contributed by atoms with Gasteiger partial charge in [-0.15, -0.1) is 0 Å². The molecule has 0 saturated heterocycles. The van der Waals surface area contributed by atoms with Crippen molar-refractivity contribution >= 4 is 0 Å². The molecule has 0 aromatic rings. The summed E-state index contributed by atoms with van der Waals surface area (Å²) in [5.74, 6) is 0.305. The Morgan fingerprint density at radius 1 is 1.75 bits per heavy atom. The number of methoxy groups -OCH3 is 1. The third kappa shape index (κ3) is 3.68. The number of hydrogen-bond donors (Lipinski definition) is 1. The summed E-state index contributed by atoms with van der Waals surface area (Å²) in [6.07, 6.45) is 1.65. The molecule has 0 bridgehead atoms. The van der Waals surface area contributed by atoms with Gasteiger partial charge < -0.3 is 9.84 Å². The number of ether oxygens (including phenoxy) is 1. The van der Waals surface area contributed by atoms with E-state index in [0.717, 1.165) is 0 Å².